The Labute approximate surface area is 176 Å². The van der Waals surface area contributed by atoms with Gasteiger partial charge in [-0.3, -0.25) is 0 Å². The van der Waals surface area contributed by atoms with E-state index in [2.05, 4.69) is 50.0 Å². The van der Waals surface area contributed by atoms with Crippen LogP contribution in [0.25, 0.3) is 11.1 Å². The van der Waals surface area contributed by atoms with Gasteiger partial charge in [0.1, 0.15) is 5.82 Å². The molecule has 0 heterocycles. The number of hydrogen-bond acceptors (Lipinski definition) is 0. The zero-order chi connectivity index (χ0) is 20.5. The average molecular weight is 391 g/mol. The van der Waals surface area contributed by atoms with Crippen LogP contribution in [-0.2, 0) is 6.42 Å². The first kappa shape index (κ1) is 21.6. The second kappa shape index (κ2) is 11.2. The van der Waals surface area contributed by atoms with Gasteiger partial charge < -0.3 is 0 Å². The molecule has 1 saturated carbocycles. The number of hydrogen-bond donors (Lipinski definition) is 0. The molecule has 0 amide bonds. The molecule has 0 spiro atoms. The van der Waals surface area contributed by atoms with E-state index in [0.717, 1.165) is 53.9 Å². The molecule has 154 valence electrons. The fourth-order valence-electron chi connectivity index (χ4n) is 4.43. The summed E-state index contributed by atoms with van der Waals surface area (Å²) in [5.41, 5.74) is 3.88. The minimum Gasteiger partial charge on any atom is -0.207 e. The van der Waals surface area contributed by atoms with Crippen LogP contribution in [0.5, 0.6) is 0 Å². The quantitative estimate of drug-likeness (QED) is 0.330. The first-order valence-electron chi connectivity index (χ1n) is 11.6. The van der Waals surface area contributed by atoms with Crippen LogP contribution in [0.15, 0.2) is 42.5 Å². The zero-order valence-corrected chi connectivity index (χ0v) is 18.1. The van der Waals surface area contributed by atoms with E-state index in [9.17, 15) is 4.39 Å². The van der Waals surface area contributed by atoms with E-state index in [1.54, 1.807) is 6.07 Å². The molecule has 1 aliphatic rings. The molecule has 0 atom stereocenters. The summed E-state index contributed by atoms with van der Waals surface area (Å²) in [5, 5.41) is 0. The second-order valence-electron chi connectivity index (χ2n) is 8.62. The third kappa shape index (κ3) is 6.46. The summed E-state index contributed by atoms with van der Waals surface area (Å²) >= 11 is 0. The van der Waals surface area contributed by atoms with Gasteiger partial charge in [0, 0.05) is 11.5 Å². The Morgan fingerprint density at radius 3 is 2.24 bits per heavy atom. The highest BCUT2D eigenvalue weighted by Crippen LogP contribution is 2.31. The van der Waals surface area contributed by atoms with Gasteiger partial charge in [-0.15, -0.1) is 0 Å². The first-order valence-corrected chi connectivity index (χ1v) is 11.6. The molecule has 1 aliphatic carbocycles. The van der Waals surface area contributed by atoms with Crippen molar-refractivity contribution in [1.29, 1.82) is 0 Å². The standard InChI is InChI=1S/C28H35F/c1-3-5-6-8-26-19-20-27(21-28(26)29)25-17-15-24(16-18-25)14-13-23-11-9-22(7-4-2)10-12-23/h15-23H,3-12H2,1-2H3. The number of rotatable bonds is 7. The fraction of sp³-hybridized carbons (Fsp3) is 0.500. The Morgan fingerprint density at radius 1 is 0.862 bits per heavy atom. The maximum Gasteiger partial charge on any atom is 0.127 e. The van der Waals surface area contributed by atoms with Crippen molar-refractivity contribution in [2.75, 3.05) is 0 Å². The summed E-state index contributed by atoms with van der Waals surface area (Å²) in [6.45, 7) is 4.46. The Hall–Kier alpha value is -2.07. The Morgan fingerprint density at radius 2 is 1.59 bits per heavy atom. The zero-order valence-electron chi connectivity index (χ0n) is 18.1. The molecule has 0 N–H and O–H groups in total. The molecule has 1 fully saturated rings. The van der Waals surface area contributed by atoms with Gasteiger partial charge in [0.05, 0.1) is 0 Å². The molecular weight excluding hydrogens is 355 g/mol. The van der Waals surface area contributed by atoms with Crippen molar-refractivity contribution < 1.29 is 4.39 Å². The number of unbranched alkanes of at least 4 members (excludes halogenated alkanes) is 2. The van der Waals surface area contributed by atoms with E-state index in [-0.39, 0.29) is 5.82 Å². The summed E-state index contributed by atoms with van der Waals surface area (Å²) in [6.07, 6.45) is 12.1. The third-order valence-corrected chi connectivity index (χ3v) is 6.29. The van der Waals surface area contributed by atoms with Crippen molar-refractivity contribution in [3.63, 3.8) is 0 Å². The van der Waals surface area contributed by atoms with Crippen LogP contribution in [0, 0.1) is 29.5 Å². The summed E-state index contributed by atoms with van der Waals surface area (Å²) in [4.78, 5) is 0. The smallest absolute Gasteiger partial charge is 0.127 e. The van der Waals surface area contributed by atoms with Crippen LogP contribution in [0.4, 0.5) is 4.39 Å². The highest BCUT2D eigenvalue weighted by atomic mass is 19.1. The topological polar surface area (TPSA) is 0 Å². The van der Waals surface area contributed by atoms with Crippen LogP contribution in [-0.4, -0.2) is 0 Å². The van der Waals surface area contributed by atoms with Gasteiger partial charge in [-0.1, -0.05) is 75.6 Å². The van der Waals surface area contributed by atoms with Crippen LogP contribution >= 0.6 is 0 Å². The molecule has 0 unspecified atom stereocenters. The molecule has 0 nitrogen and oxygen atoms in total. The molecular formula is C28H35F. The largest absolute Gasteiger partial charge is 0.207 e. The second-order valence-corrected chi connectivity index (χ2v) is 8.62. The van der Waals surface area contributed by atoms with E-state index < -0.39 is 0 Å². The van der Waals surface area contributed by atoms with Gasteiger partial charge in [0.2, 0.25) is 0 Å². The van der Waals surface area contributed by atoms with Gasteiger partial charge in [-0.25, -0.2) is 4.39 Å². The fourth-order valence-corrected chi connectivity index (χ4v) is 4.43. The molecule has 29 heavy (non-hydrogen) atoms. The Balaban J connectivity index is 1.59. The molecule has 3 rings (SSSR count). The lowest BCUT2D eigenvalue weighted by molar-refractivity contribution is 0.300. The molecule has 2 aromatic carbocycles. The maximum atomic E-state index is 14.4. The van der Waals surface area contributed by atoms with E-state index in [1.807, 2.05) is 12.1 Å². The number of halogens is 1. The highest BCUT2D eigenvalue weighted by Gasteiger charge is 2.18. The van der Waals surface area contributed by atoms with E-state index in [4.69, 9.17) is 0 Å². The van der Waals surface area contributed by atoms with Crippen LogP contribution in [0.1, 0.15) is 82.8 Å². The number of benzene rings is 2. The number of aryl methyl sites for hydroxylation is 1. The predicted molar refractivity (Wildman–Crippen MR) is 122 cm³/mol. The minimum absolute atomic E-state index is 0.0823. The van der Waals surface area contributed by atoms with Crippen LogP contribution in [0.3, 0.4) is 0 Å². The molecule has 0 bridgehead atoms. The van der Waals surface area contributed by atoms with Crippen molar-refractivity contribution in [3.8, 4) is 23.0 Å². The van der Waals surface area contributed by atoms with Crippen molar-refractivity contribution in [1.82, 2.24) is 0 Å². The highest BCUT2D eigenvalue weighted by molar-refractivity contribution is 5.65. The molecule has 2 aromatic rings. The van der Waals surface area contributed by atoms with Crippen LogP contribution < -0.4 is 0 Å². The van der Waals surface area contributed by atoms with E-state index >= 15 is 0 Å². The van der Waals surface area contributed by atoms with Crippen molar-refractivity contribution in [2.24, 2.45) is 11.8 Å². The molecule has 0 saturated heterocycles. The van der Waals surface area contributed by atoms with Crippen molar-refractivity contribution in [3.05, 3.63) is 59.4 Å². The van der Waals surface area contributed by atoms with Gasteiger partial charge in [0.15, 0.2) is 0 Å². The monoisotopic (exact) mass is 390 g/mol. The summed E-state index contributed by atoms with van der Waals surface area (Å²) in [6, 6.07) is 13.9. The summed E-state index contributed by atoms with van der Waals surface area (Å²) in [7, 11) is 0. The SMILES string of the molecule is CCCCCc1ccc(-c2ccc(C#CC3CCC(CCC)CC3)cc2)cc1F. The molecule has 0 radical (unpaired) electrons. The van der Waals surface area contributed by atoms with Crippen molar-refractivity contribution in [2.45, 2.75) is 78.1 Å². The Kier molecular flexibility index (Phi) is 8.36. The third-order valence-electron chi connectivity index (χ3n) is 6.29. The molecule has 1 heteroatoms. The summed E-state index contributed by atoms with van der Waals surface area (Å²) < 4.78 is 14.4. The normalized spacial score (nSPS) is 18.9. The van der Waals surface area contributed by atoms with Crippen LogP contribution in [0.2, 0.25) is 0 Å². The lowest BCUT2D eigenvalue weighted by Gasteiger charge is -2.25. The van der Waals surface area contributed by atoms with Gasteiger partial charge >= 0.3 is 0 Å². The molecule has 0 aromatic heterocycles. The van der Waals surface area contributed by atoms with Gasteiger partial charge in [-0.2, -0.15) is 0 Å². The minimum atomic E-state index is -0.0823. The van der Waals surface area contributed by atoms with E-state index in [1.165, 1.54) is 38.5 Å². The molecule has 0 aliphatic heterocycles. The Bertz CT molecular complexity index is 814. The van der Waals surface area contributed by atoms with Crippen molar-refractivity contribution >= 4 is 0 Å². The first-order chi connectivity index (χ1) is 14.2. The average Bonchev–Trinajstić information content (AvgIpc) is 2.75. The summed E-state index contributed by atoms with van der Waals surface area (Å²) in [5.74, 6) is 8.25. The van der Waals surface area contributed by atoms with Gasteiger partial charge in [-0.05, 0) is 79.3 Å². The lowest BCUT2D eigenvalue weighted by Crippen LogP contribution is -2.13. The maximum absolute atomic E-state index is 14.4. The lowest BCUT2D eigenvalue weighted by atomic mass is 9.80. The van der Waals surface area contributed by atoms with E-state index in [0.29, 0.717) is 5.92 Å². The predicted octanol–water partition coefficient (Wildman–Crippen LogP) is 8.18. The van der Waals surface area contributed by atoms with Gasteiger partial charge in [0.25, 0.3) is 0 Å².